The standard InChI is InChI=1S/C14H19N3O4/c1-10-7-16-12(8-15-10)14(20)17(5-4-13(18)19)9-11-3-2-6-21-11/h7-8,11H,2-6,9H2,1H3,(H,18,19)/t11-/m1/s1. The topological polar surface area (TPSA) is 92.6 Å². The van der Waals surface area contributed by atoms with E-state index in [1.165, 1.54) is 17.3 Å². The summed E-state index contributed by atoms with van der Waals surface area (Å²) in [7, 11) is 0. The van der Waals surface area contributed by atoms with Crippen LogP contribution in [0.1, 0.15) is 35.4 Å². The molecule has 7 heteroatoms. The van der Waals surface area contributed by atoms with E-state index in [9.17, 15) is 9.59 Å². The van der Waals surface area contributed by atoms with Gasteiger partial charge in [-0.25, -0.2) is 4.98 Å². The van der Waals surface area contributed by atoms with E-state index in [4.69, 9.17) is 9.84 Å². The van der Waals surface area contributed by atoms with Gasteiger partial charge >= 0.3 is 5.97 Å². The Morgan fingerprint density at radius 2 is 2.24 bits per heavy atom. The van der Waals surface area contributed by atoms with E-state index >= 15 is 0 Å². The summed E-state index contributed by atoms with van der Waals surface area (Å²) >= 11 is 0. The van der Waals surface area contributed by atoms with Gasteiger partial charge < -0.3 is 14.7 Å². The first kappa shape index (κ1) is 15.4. The van der Waals surface area contributed by atoms with Gasteiger partial charge in [0.25, 0.3) is 5.91 Å². The lowest BCUT2D eigenvalue weighted by molar-refractivity contribution is -0.137. The van der Waals surface area contributed by atoms with Crippen molar-refractivity contribution < 1.29 is 19.4 Å². The second kappa shape index (κ2) is 7.12. The Balaban J connectivity index is 2.06. The van der Waals surface area contributed by atoms with Crippen LogP contribution >= 0.6 is 0 Å². The average molecular weight is 293 g/mol. The van der Waals surface area contributed by atoms with Gasteiger partial charge in [-0.05, 0) is 19.8 Å². The van der Waals surface area contributed by atoms with Crippen LogP contribution < -0.4 is 0 Å². The van der Waals surface area contributed by atoms with Gasteiger partial charge in [-0.3, -0.25) is 14.6 Å². The summed E-state index contributed by atoms with van der Waals surface area (Å²) < 4.78 is 5.52. The monoisotopic (exact) mass is 293 g/mol. The molecule has 0 aromatic carbocycles. The second-order valence-corrected chi connectivity index (χ2v) is 5.07. The fourth-order valence-electron chi connectivity index (χ4n) is 2.21. The summed E-state index contributed by atoms with van der Waals surface area (Å²) in [5.41, 5.74) is 0.951. The summed E-state index contributed by atoms with van der Waals surface area (Å²) in [6, 6.07) is 0. The molecular weight excluding hydrogens is 274 g/mol. The molecule has 1 atom stereocenters. The number of carbonyl (C=O) groups is 2. The molecule has 114 valence electrons. The van der Waals surface area contributed by atoms with Crippen molar-refractivity contribution in [2.45, 2.75) is 32.3 Å². The summed E-state index contributed by atoms with van der Waals surface area (Å²) in [5.74, 6) is -1.24. The number of aliphatic carboxylic acids is 1. The summed E-state index contributed by atoms with van der Waals surface area (Å²) in [4.78, 5) is 32.8. The average Bonchev–Trinajstić information content (AvgIpc) is 2.96. The summed E-state index contributed by atoms with van der Waals surface area (Å²) in [6.45, 7) is 3.01. The Morgan fingerprint density at radius 1 is 1.43 bits per heavy atom. The fourth-order valence-corrected chi connectivity index (χ4v) is 2.21. The molecule has 2 rings (SSSR count). The number of nitrogens with zero attached hydrogens (tertiary/aromatic N) is 3. The number of aromatic nitrogens is 2. The zero-order valence-electron chi connectivity index (χ0n) is 12.0. The molecule has 0 aliphatic carbocycles. The van der Waals surface area contributed by atoms with Crippen molar-refractivity contribution in [2.75, 3.05) is 19.7 Å². The van der Waals surface area contributed by atoms with Crippen LogP contribution in [0, 0.1) is 6.92 Å². The van der Waals surface area contributed by atoms with Gasteiger partial charge in [0.05, 0.1) is 24.4 Å². The highest BCUT2D eigenvalue weighted by atomic mass is 16.5. The molecule has 0 radical (unpaired) electrons. The molecule has 1 saturated heterocycles. The lowest BCUT2D eigenvalue weighted by Crippen LogP contribution is -2.39. The Hall–Kier alpha value is -2.02. The Labute approximate surface area is 123 Å². The highest BCUT2D eigenvalue weighted by Gasteiger charge is 2.24. The number of ether oxygens (including phenoxy) is 1. The number of carboxylic acids is 1. The Kier molecular flexibility index (Phi) is 5.21. The quantitative estimate of drug-likeness (QED) is 0.837. The maximum absolute atomic E-state index is 12.4. The van der Waals surface area contributed by atoms with Crippen LogP contribution in [-0.2, 0) is 9.53 Å². The van der Waals surface area contributed by atoms with Crippen molar-refractivity contribution in [3.05, 3.63) is 23.8 Å². The molecule has 0 saturated carbocycles. The first-order chi connectivity index (χ1) is 10.1. The van der Waals surface area contributed by atoms with E-state index < -0.39 is 5.97 Å². The molecule has 0 bridgehead atoms. The number of amides is 1. The smallest absolute Gasteiger partial charge is 0.305 e. The van der Waals surface area contributed by atoms with E-state index in [2.05, 4.69) is 9.97 Å². The maximum Gasteiger partial charge on any atom is 0.305 e. The zero-order chi connectivity index (χ0) is 15.2. The fraction of sp³-hybridized carbons (Fsp3) is 0.571. The highest BCUT2D eigenvalue weighted by molar-refractivity contribution is 5.92. The van der Waals surface area contributed by atoms with Crippen LogP contribution in [0.3, 0.4) is 0 Å². The van der Waals surface area contributed by atoms with Crippen molar-refractivity contribution in [3.8, 4) is 0 Å². The Bertz CT molecular complexity index is 497. The van der Waals surface area contributed by atoms with Gasteiger partial charge in [0.1, 0.15) is 5.69 Å². The maximum atomic E-state index is 12.4. The number of rotatable bonds is 6. The SMILES string of the molecule is Cc1cnc(C(=O)N(CCC(=O)O)C[C@H]2CCCO2)cn1. The lowest BCUT2D eigenvalue weighted by Gasteiger charge is -2.24. The highest BCUT2D eigenvalue weighted by Crippen LogP contribution is 2.15. The first-order valence-electron chi connectivity index (χ1n) is 6.97. The van der Waals surface area contributed by atoms with Gasteiger partial charge in [0, 0.05) is 25.9 Å². The van der Waals surface area contributed by atoms with E-state index in [1.807, 2.05) is 0 Å². The molecule has 1 aromatic heterocycles. The predicted octanol–water partition coefficient (Wildman–Crippen LogP) is 0.881. The summed E-state index contributed by atoms with van der Waals surface area (Å²) in [6.07, 6.45) is 4.67. The van der Waals surface area contributed by atoms with Crippen LogP contribution in [0.25, 0.3) is 0 Å². The molecule has 21 heavy (non-hydrogen) atoms. The van der Waals surface area contributed by atoms with E-state index in [1.54, 1.807) is 6.92 Å². The van der Waals surface area contributed by atoms with Gasteiger partial charge in [0.2, 0.25) is 0 Å². The number of aryl methyl sites for hydroxylation is 1. The third-order valence-corrected chi connectivity index (χ3v) is 3.33. The molecule has 1 aliphatic rings. The van der Waals surface area contributed by atoms with E-state index in [-0.39, 0.29) is 30.7 Å². The van der Waals surface area contributed by atoms with E-state index in [0.29, 0.717) is 13.2 Å². The van der Waals surface area contributed by atoms with Gasteiger partial charge in [0.15, 0.2) is 0 Å². The van der Waals surface area contributed by atoms with Crippen LogP contribution in [0.2, 0.25) is 0 Å². The Morgan fingerprint density at radius 3 is 2.81 bits per heavy atom. The third kappa shape index (κ3) is 4.49. The van der Waals surface area contributed by atoms with Crippen LogP contribution in [0.5, 0.6) is 0 Å². The van der Waals surface area contributed by atoms with Crippen LogP contribution in [-0.4, -0.2) is 57.7 Å². The van der Waals surface area contributed by atoms with Crippen LogP contribution in [0.4, 0.5) is 0 Å². The number of hydrogen-bond acceptors (Lipinski definition) is 5. The first-order valence-corrected chi connectivity index (χ1v) is 6.97. The van der Waals surface area contributed by atoms with Crippen molar-refractivity contribution in [1.29, 1.82) is 0 Å². The zero-order valence-corrected chi connectivity index (χ0v) is 12.0. The molecule has 0 unspecified atom stereocenters. The molecule has 0 spiro atoms. The minimum absolute atomic E-state index is 0.0267. The van der Waals surface area contributed by atoms with Gasteiger partial charge in [-0.1, -0.05) is 0 Å². The van der Waals surface area contributed by atoms with Gasteiger partial charge in [-0.2, -0.15) is 0 Å². The normalized spacial score (nSPS) is 17.7. The molecule has 7 nitrogen and oxygen atoms in total. The van der Waals surface area contributed by atoms with Gasteiger partial charge in [-0.15, -0.1) is 0 Å². The molecule has 1 N–H and O–H groups in total. The minimum atomic E-state index is -0.935. The molecule has 1 fully saturated rings. The van der Waals surface area contributed by atoms with Crippen molar-refractivity contribution in [3.63, 3.8) is 0 Å². The van der Waals surface area contributed by atoms with E-state index in [0.717, 1.165) is 18.5 Å². The number of hydrogen-bond donors (Lipinski definition) is 1. The molecule has 1 aliphatic heterocycles. The minimum Gasteiger partial charge on any atom is -0.481 e. The molecule has 1 aromatic rings. The second-order valence-electron chi connectivity index (χ2n) is 5.07. The molecule has 2 heterocycles. The van der Waals surface area contributed by atoms with Crippen molar-refractivity contribution in [2.24, 2.45) is 0 Å². The van der Waals surface area contributed by atoms with Crippen molar-refractivity contribution >= 4 is 11.9 Å². The third-order valence-electron chi connectivity index (χ3n) is 3.33. The number of carboxylic acid groups (broad SMARTS) is 1. The lowest BCUT2D eigenvalue weighted by atomic mass is 10.2. The molecule has 1 amide bonds. The van der Waals surface area contributed by atoms with Crippen molar-refractivity contribution in [1.82, 2.24) is 14.9 Å². The number of carbonyl (C=O) groups excluding carboxylic acids is 1. The predicted molar refractivity (Wildman–Crippen MR) is 73.9 cm³/mol. The largest absolute Gasteiger partial charge is 0.481 e. The molecular formula is C14H19N3O4. The van der Waals surface area contributed by atoms with Crippen LogP contribution in [0.15, 0.2) is 12.4 Å². The summed E-state index contributed by atoms with van der Waals surface area (Å²) in [5, 5.41) is 8.81.